The molecule has 15 heavy (non-hydrogen) atoms. The van der Waals surface area contributed by atoms with Crippen LogP contribution in [0.25, 0.3) is 6.08 Å². The van der Waals surface area contributed by atoms with Gasteiger partial charge in [-0.15, -0.1) is 0 Å². The Labute approximate surface area is 88.8 Å². The number of allylic oxidation sites excluding steroid dienone is 1. The molecule has 0 radical (unpaired) electrons. The summed E-state index contributed by atoms with van der Waals surface area (Å²) in [5, 5.41) is 3.95. The summed E-state index contributed by atoms with van der Waals surface area (Å²) in [5.74, 6) is 0.786. The Hall–Kier alpha value is -2.03. The molecule has 0 saturated carbocycles. The van der Waals surface area contributed by atoms with Crippen molar-refractivity contribution in [2.45, 2.75) is 0 Å². The van der Waals surface area contributed by atoms with Crippen LogP contribution >= 0.6 is 0 Å². The summed E-state index contributed by atoms with van der Waals surface area (Å²) < 4.78 is 5.22. The lowest BCUT2D eigenvalue weighted by Crippen LogP contribution is -2.13. The van der Waals surface area contributed by atoms with E-state index in [4.69, 9.17) is 4.74 Å². The van der Waals surface area contributed by atoms with Crippen molar-refractivity contribution in [2.75, 3.05) is 7.11 Å². The minimum atomic E-state index is 0.786. The van der Waals surface area contributed by atoms with Crippen molar-refractivity contribution in [1.29, 1.82) is 0 Å². The van der Waals surface area contributed by atoms with Gasteiger partial charge in [0.1, 0.15) is 5.76 Å². The van der Waals surface area contributed by atoms with E-state index in [0.29, 0.717) is 0 Å². The van der Waals surface area contributed by atoms with Gasteiger partial charge in [-0.05, 0) is 11.6 Å². The molecule has 76 valence electrons. The number of hydrogen-bond donors (Lipinski definition) is 1. The third-order valence-electron chi connectivity index (χ3n) is 2.08. The number of ether oxygens (including phenoxy) is 1. The largest absolute Gasteiger partial charge is 0.494 e. The normalized spacial score (nSPS) is 17.1. The first-order valence-electron chi connectivity index (χ1n) is 4.70. The van der Waals surface area contributed by atoms with Crippen LogP contribution in [0.2, 0.25) is 0 Å². The second-order valence-corrected chi connectivity index (χ2v) is 3.09. The number of nitrogens with one attached hydrogen (secondary N) is 1. The van der Waals surface area contributed by atoms with Crippen LogP contribution in [0.4, 0.5) is 0 Å². The van der Waals surface area contributed by atoms with Crippen molar-refractivity contribution >= 4 is 12.3 Å². The molecule has 1 aromatic carbocycles. The maximum Gasteiger partial charge on any atom is 0.145 e. The molecule has 0 spiro atoms. The van der Waals surface area contributed by atoms with E-state index in [2.05, 4.69) is 10.5 Å². The first kappa shape index (κ1) is 9.52. The molecule has 2 rings (SSSR count). The summed E-state index contributed by atoms with van der Waals surface area (Å²) >= 11 is 0. The Morgan fingerprint density at radius 3 is 2.80 bits per heavy atom. The summed E-state index contributed by atoms with van der Waals surface area (Å²) in [6.07, 6.45) is 5.48. The van der Waals surface area contributed by atoms with Crippen LogP contribution in [-0.4, -0.2) is 13.3 Å². The van der Waals surface area contributed by atoms with Crippen LogP contribution in [0.15, 0.2) is 53.0 Å². The maximum absolute atomic E-state index is 5.22. The minimum Gasteiger partial charge on any atom is -0.494 e. The molecule has 1 heterocycles. The summed E-state index contributed by atoms with van der Waals surface area (Å²) in [7, 11) is 1.64. The van der Waals surface area contributed by atoms with Crippen LogP contribution in [0.3, 0.4) is 0 Å². The molecule has 0 saturated heterocycles. The predicted octanol–water partition coefficient (Wildman–Crippen LogP) is 2.15. The molecule has 1 aromatic rings. The lowest BCUT2D eigenvalue weighted by atomic mass is 10.2. The Bertz CT molecular complexity index is 419. The van der Waals surface area contributed by atoms with Gasteiger partial charge in [0.05, 0.1) is 19.0 Å². The predicted molar refractivity (Wildman–Crippen MR) is 61.1 cm³/mol. The van der Waals surface area contributed by atoms with Crippen molar-refractivity contribution in [3.05, 3.63) is 53.4 Å². The zero-order chi connectivity index (χ0) is 10.5. The molecule has 0 aromatic heterocycles. The van der Waals surface area contributed by atoms with Crippen LogP contribution < -0.4 is 5.43 Å². The van der Waals surface area contributed by atoms with Gasteiger partial charge in [-0.1, -0.05) is 30.3 Å². The van der Waals surface area contributed by atoms with Gasteiger partial charge in [0.25, 0.3) is 0 Å². The summed E-state index contributed by atoms with van der Waals surface area (Å²) in [5.41, 5.74) is 4.88. The quantitative estimate of drug-likeness (QED) is 0.793. The van der Waals surface area contributed by atoms with E-state index >= 15 is 0 Å². The molecule has 3 heteroatoms. The van der Waals surface area contributed by atoms with E-state index in [1.54, 1.807) is 13.3 Å². The number of rotatable bonds is 2. The number of hydrazone groups is 1. The average Bonchev–Trinajstić information content (AvgIpc) is 2.31. The van der Waals surface area contributed by atoms with Gasteiger partial charge < -0.3 is 4.74 Å². The number of methoxy groups -OCH3 is 1. The monoisotopic (exact) mass is 200 g/mol. The molecule has 0 bridgehead atoms. The van der Waals surface area contributed by atoms with Crippen molar-refractivity contribution in [3.8, 4) is 0 Å². The van der Waals surface area contributed by atoms with Gasteiger partial charge in [-0.25, -0.2) is 0 Å². The Balaban J connectivity index is 2.28. The molecule has 0 atom stereocenters. The van der Waals surface area contributed by atoms with Crippen molar-refractivity contribution in [1.82, 2.24) is 5.43 Å². The highest BCUT2D eigenvalue weighted by Crippen LogP contribution is 2.14. The number of benzene rings is 1. The fourth-order valence-electron chi connectivity index (χ4n) is 1.35. The lowest BCUT2D eigenvalue weighted by molar-refractivity contribution is 0.296. The van der Waals surface area contributed by atoms with E-state index < -0.39 is 0 Å². The minimum absolute atomic E-state index is 0.786. The van der Waals surface area contributed by atoms with Crippen molar-refractivity contribution in [2.24, 2.45) is 5.10 Å². The zero-order valence-electron chi connectivity index (χ0n) is 8.47. The van der Waals surface area contributed by atoms with E-state index in [-0.39, 0.29) is 0 Å². The van der Waals surface area contributed by atoms with Crippen LogP contribution in [0, 0.1) is 0 Å². The van der Waals surface area contributed by atoms with Crippen LogP contribution in [0.1, 0.15) is 5.56 Å². The van der Waals surface area contributed by atoms with Gasteiger partial charge in [0, 0.05) is 6.08 Å². The summed E-state index contributed by atoms with van der Waals surface area (Å²) in [6.45, 7) is 0. The SMILES string of the molecule is COC1=CC=NNC1=Cc1ccccc1. The highest BCUT2D eigenvalue weighted by Gasteiger charge is 2.06. The topological polar surface area (TPSA) is 33.6 Å². The summed E-state index contributed by atoms with van der Waals surface area (Å²) in [6, 6.07) is 10.0. The van der Waals surface area contributed by atoms with Crippen LogP contribution in [-0.2, 0) is 4.74 Å². The fraction of sp³-hybridized carbons (Fsp3) is 0.0833. The third-order valence-corrected chi connectivity index (χ3v) is 2.08. The standard InChI is InChI=1S/C12H12N2O/c1-15-12-7-8-13-14-11(12)9-10-5-3-2-4-6-10/h2-9,14H,1H3. The van der Waals surface area contributed by atoms with Gasteiger partial charge in [0.2, 0.25) is 0 Å². The molecular formula is C12H12N2O. The van der Waals surface area contributed by atoms with E-state index in [1.165, 1.54) is 0 Å². The fourth-order valence-corrected chi connectivity index (χ4v) is 1.35. The number of hydrogen-bond acceptors (Lipinski definition) is 3. The number of nitrogens with zero attached hydrogens (tertiary/aromatic N) is 1. The van der Waals surface area contributed by atoms with Gasteiger partial charge in [-0.2, -0.15) is 5.10 Å². The van der Waals surface area contributed by atoms with Crippen LogP contribution in [0.5, 0.6) is 0 Å². The van der Waals surface area contributed by atoms with E-state index in [0.717, 1.165) is 17.0 Å². The second-order valence-electron chi connectivity index (χ2n) is 3.09. The molecule has 1 N–H and O–H groups in total. The maximum atomic E-state index is 5.22. The lowest BCUT2D eigenvalue weighted by Gasteiger charge is -2.12. The second kappa shape index (κ2) is 4.46. The molecular weight excluding hydrogens is 188 g/mol. The molecule has 0 aliphatic carbocycles. The molecule has 3 nitrogen and oxygen atoms in total. The summed E-state index contributed by atoms with van der Waals surface area (Å²) in [4.78, 5) is 0. The molecule has 0 unspecified atom stereocenters. The van der Waals surface area contributed by atoms with Gasteiger partial charge >= 0.3 is 0 Å². The van der Waals surface area contributed by atoms with Gasteiger partial charge in [0.15, 0.2) is 0 Å². The first-order chi connectivity index (χ1) is 7.40. The Morgan fingerprint density at radius 1 is 1.27 bits per heavy atom. The first-order valence-corrected chi connectivity index (χ1v) is 4.70. The van der Waals surface area contributed by atoms with E-state index in [1.807, 2.05) is 42.5 Å². The van der Waals surface area contributed by atoms with Crippen molar-refractivity contribution < 1.29 is 4.74 Å². The van der Waals surface area contributed by atoms with Crippen molar-refractivity contribution in [3.63, 3.8) is 0 Å². The smallest absolute Gasteiger partial charge is 0.145 e. The van der Waals surface area contributed by atoms with Gasteiger partial charge in [-0.3, -0.25) is 5.43 Å². The highest BCUT2D eigenvalue weighted by atomic mass is 16.5. The Kier molecular flexibility index (Phi) is 2.83. The molecule has 1 aliphatic heterocycles. The highest BCUT2D eigenvalue weighted by molar-refractivity contribution is 5.76. The van der Waals surface area contributed by atoms with E-state index in [9.17, 15) is 0 Å². The Morgan fingerprint density at radius 2 is 2.07 bits per heavy atom. The zero-order valence-corrected chi connectivity index (χ0v) is 8.47. The third kappa shape index (κ3) is 2.26. The molecule has 0 fully saturated rings. The molecule has 1 aliphatic rings. The average molecular weight is 200 g/mol. The molecule has 0 amide bonds.